The van der Waals surface area contributed by atoms with Crippen LogP contribution >= 0.6 is 12.4 Å². The van der Waals surface area contributed by atoms with Gasteiger partial charge in [0.05, 0.1) is 11.0 Å². The molecule has 2 aromatic rings. The fourth-order valence-electron chi connectivity index (χ4n) is 2.62. The van der Waals surface area contributed by atoms with Gasteiger partial charge in [-0.05, 0) is 38.1 Å². The van der Waals surface area contributed by atoms with Crippen LogP contribution in [0.2, 0.25) is 0 Å². The van der Waals surface area contributed by atoms with E-state index >= 15 is 0 Å². The first kappa shape index (κ1) is 13.7. The summed E-state index contributed by atoms with van der Waals surface area (Å²) >= 11 is 0. The fraction of sp³-hybridized carbons (Fsp3) is 0.385. The van der Waals surface area contributed by atoms with Crippen LogP contribution in [0, 0.1) is 11.5 Å². The van der Waals surface area contributed by atoms with Crippen LogP contribution in [0.1, 0.15) is 18.9 Å². The Balaban J connectivity index is 0.00000133. The minimum absolute atomic E-state index is 0. The molecule has 0 bridgehead atoms. The van der Waals surface area contributed by atoms with Crippen molar-refractivity contribution in [3.8, 4) is 6.19 Å². The van der Waals surface area contributed by atoms with Gasteiger partial charge < -0.3 is 9.88 Å². The van der Waals surface area contributed by atoms with Gasteiger partial charge in [0, 0.05) is 6.04 Å². The molecule has 1 aromatic heterocycles. The number of hydrogen-bond acceptors (Lipinski definition) is 4. The zero-order chi connectivity index (χ0) is 12.4. The first-order chi connectivity index (χ1) is 8.90. The maximum absolute atomic E-state index is 8.84. The van der Waals surface area contributed by atoms with Crippen LogP contribution in [0.3, 0.4) is 0 Å². The number of aromatic nitrogens is 2. The Labute approximate surface area is 118 Å². The molecule has 0 amide bonds. The molecule has 0 radical (unpaired) electrons. The normalized spacial score (nSPS) is 15.7. The summed E-state index contributed by atoms with van der Waals surface area (Å²) in [5.74, 6) is 0.658. The SMILES string of the molecule is Cl.N#CNc1nc2ccccc2n1C1CCNCC1. The van der Waals surface area contributed by atoms with E-state index in [2.05, 4.69) is 26.3 Å². The second kappa shape index (κ2) is 5.91. The molecular weight excluding hydrogens is 262 g/mol. The Hall–Kier alpha value is -1.77. The van der Waals surface area contributed by atoms with Gasteiger partial charge in [0.2, 0.25) is 5.95 Å². The quantitative estimate of drug-likeness (QED) is 0.653. The number of halogens is 1. The molecule has 1 aliphatic heterocycles. The van der Waals surface area contributed by atoms with E-state index in [-0.39, 0.29) is 12.4 Å². The van der Waals surface area contributed by atoms with Crippen molar-refractivity contribution in [2.24, 2.45) is 0 Å². The van der Waals surface area contributed by atoms with E-state index in [0.717, 1.165) is 37.0 Å². The number of nitriles is 1. The maximum atomic E-state index is 8.84. The van der Waals surface area contributed by atoms with E-state index in [9.17, 15) is 0 Å². The van der Waals surface area contributed by atoms with Gasteiger partial charge in [0.15, 0.2) is 6.19 Å². The third-order valence-corrected chi connectivity index (χ3v) is 3.44. The van der Waals surface area contributed by atoms with E-state index in [1.165, 1.54) is 0 Å². The molecule has 0 atom stereocenters. The van der Waals surface area contributed by atoms with Gasteiger partial charge in [-0.15, -0.1) is 12.4 Å². The molecule has 1 aromatic carbocycles. The second-order valence-corrected chi connectivity index (χ2v) is 4.51. The Bertz CT molecular complexity index is 595. The van der Waals surface area contributed by atoms with Gasteiger partial charge in [-0.2, -0.15) is 5.26 Å². The number of anilines is 1. The summed E-state index contributed by atoms with van der Waals surface area (Å²) in [5, 5.41) is 14.9. The summed E-state index contributed by atoms with van der Waals surface area (Å²) in [6.45, 7) is 2.03. The van der Waals surface area contributed by atoms with Crippen molar-refractivity contribution < 1.29 is 0 Å². The predicted molar refractivity (Wildman–Crippen MR) is 77.4 cm³/mol. The zero-order valence-corrected chi connectivity index (χ0v) is 11.3. The Morgan fingerprint density at radius 3 is 2.79 bits per heavy atom. The number of imidazole rings is 1. The monoisotopic (exact) mass is 277 g/mol. The molecule has 19 heavy (non-hydrogen) atoms. The lowest BCUT2D eigenvalue weighted by Crippen LogP contribution is -2.29. The summed E-state index contributed by atoms with van der Waals surface area (Å²) in [6.07, 6.45) is 4.12. The van der Waals surface area contributed by atoms with Crippen molar-refractivity contribution in [1.82, 2.24) is 14.9 Å². The van der Waals surface area contributed by atoms with E-state index < -0.39 is 0 Å². The lowest BCUT2D eigenvalue weighted by molar-refractivity contribution is 0.378. The van der Waals surface area contributed by atoms with Crippen LogP contribution in [0.4, 0.5) is 5.95 Å². The first-order valence-corrected chi connectivity index (χ1v) is 6.23. The summed E-state index contributed by atoms with van der Waals surface area (Å²) in [4.78, 5) is 4.49. The molecule has 1 saturated heterocycles. The van der Waals surface area contributed by atoms with Gasteiger partial charge >= 0.3 is 0 Å². The summed E-state index contributed by atoms with van der Waals surface area (Å²) < 4.78 is 2.17. The molecule has 0 aliphatic carbocycles. The van der Waals surface area contributed by atoms with Crippen LogP contribution in [0.25, 0.3) is 11.0 Å². The zero-order valence-electron chi connectivity index (χ0n) is 10.5. The van der Waals surface area contributed by atoms with E-state index in [1.54, 1.807) is 0 Å². The van der Waals surface area contributed by atoms with E-state index in [1.807, 2.05) is 24.4 Å². The highest BCUT2D eigenvalue weighted by Gasteiger charge is 2.20. The molecular formula is C13H16ClN5. The molecule has 0 spiro atoms. The molecule has 0 unspecified atom stereocenters. The molecule has 100 valence electrons. The smallest absolute Gasteiger partial charge is 0.217 e. The highest BCUT2D eigenvalue weighted by atomic mass is 35.5. The third kappa shape index (κ3) is 2.50. The predicted octanol–water partition coefficient (Wildman–Crippen LogP) is 2.28. The van der Waals surface area contributed by atoms with Crippen LogP contribution in [0.5, 0.6) is 0 Å². The van der Waals surface area contributed by atoms with Crippen LogP contribution in [0.15, 0.2) is 24.3 Å². The number of benzene rings is 1. The molecule has 2 N–H and O–H groups in total. The van der Waals surface area contributed by atoms with Crippen molar-refractivity contribution in [2.45, 2.75) is 18.9 Å². The average molecular weight is 278 g/mol. The van der Waals surface area contributed by atoms with Gasteiger partial charge in [0.25, 0.3) is 0 Å². The van der Waals surface area contributed by atoms with Crippen molar-refractivity contribution >= 4 is 29.4 Å². The number of nitrogens with one attached hydrogen (secondary N) is 2. The second-order valence-electron chi connectivity index (χ2n) is 4.51. The standard InChI is InChI=1S/C13H15N5.ClH/c14-9-16-13-17-11-3-1-2-4-12(11)18(13)10-5-7-15-8-6-10;/h1-4,10,15H,5-8H2,(H,16,17);1H. The minimum atomic E-state index is 0. The Morgan fingerprint density at radius 1 is 1.32 bits per heavy atom. The lowest BCUT2D eigenvalue weighted by atomic mass is 10.1. The number of nitrogens with zero attached hydrogens (tertiary/aromatic N) is 3. The van der Waals surface area contributed by atoms with Gasteiger partial charge in [-0.1, -0.05) is 12.1 Å². The fourth-order valence-corrected chi connectivity index (χ4v) is 2.62. The van der Waals surface area contributed by atoms with Gasteiger partial charge in [-0.25, -0.2) is 4.98 Å². The molecule has 0 saturated carbocycles. The highest BCUT2D eigenvalue weighted by molar-refractivity contribution is 5.85. The summed E-state index contributed by atoms with van der Waals surface area (Å²) in [5.41, 5.74) is 2.04. The van der Waals surface area contributed by atoms with Crippen molar-refractivity contribution in [1.29, 1.82) is 5.26 Å². The third-order valence-electron chi connectivity index (χ3n) is 3.44. The number of para-hydroxylation sites is 2. The molecule has 2 heterocycles. The largest absolute Gasteiger partial charge is 0.317 e. The number of rotatable bonds is 2. The lowest BCUT2D eigenvalue weighted by Gasteiger charge is -2.25. The maximum Gasteiger partial charge on any atom is 0.217 e. The number of fused-ring (bicyclic) bond motifs is 1. The van der Waals surface area contributed by atoms with Crippen molar-refractivity contribution in [2.75, 3.05) is 18.4 Å². The molecule has 5 nitrogen and oxygen atoms in total. The number of piperidine rings is 1. The van der Waals surface area contributed by atoms with Gasteiger partial charge in [0.1, 0.15) is 0 Å². The highest BCUT2D eigenvalue weighted by Crippen LogP contribution is 2.29. The van der Waals surface area contributed by atoms with Crippen LogP contribution in [-0.2, 0) is 0 Å². The van der Waals surface area contributed by atoms with Crippen LogP contribution < -0.4 is 10.6 Å². The van der Waals surface area contributed by atoms with Crippen molar-refractivity contribution in [3.05, 3.63) is 24.3 Å². The molecule has 6 heteroatoms. The minimum Gasteiger partial charge on any atom is -0.317 e. The van der Waals surface area contributed by atoms with E-state index in [0.29, 0.717) is 12.0 Å². The summed E-state index contributed by atoms with van der Waals surface area (Å²) in [7, 11) is 0. The summed E-state index contributed by atoms with van der Waals surface area (Å²) in [6, 6.07) is 8.44. The molecule has 3 rings (SSSR count). The first-order valence-electron chi connectivity index (χ1n) is 6.23. The van der Waals surface area contributed by atoms with Crippen molar-refractivity contribution in [3.63, 3.8) is 0 Å². The topological polar surface area (TPSA) is 65.7 Å². The van der Waals surface area contributed by atoms with Gasteiger partial charge in [-0.3, -0.25) is 5.32 Å². The number of hydrogen-bond donors (Lipinski definition) is 2. The van der Waals surface area contributed by atoms with Crippen LogP contribution in [-0.4, -0.2) is 22.6 Å². The Kier molecular flexibility index (Phi) is 4.25. The Morgan fingerprint density at radius 2 is 2.05 bits per heavy atom. The average Bonchev–Trinajstić information content (AvgIpc) is 2.78. The molecule has 1 aliphatic rings. The molecule has 1 fully saturated rings. The van der Waals surface area contributed by atoms with E-state index in [4.69, 9.17) is 5.26 Å².